The van der Waals surface area contributed by atoms with Gasteiger partial charge in [-0.05, 0) is 18.2 Å². The van der Waals surface area contributed by atoms with E-state index in [-0.39, 0.29) is 16.9 Å². The van der Waals surface area contributed by atoms with Crippen LogP contribution in [-0.2, 0) is 14.3 Å². The number of ketones is 1. The molecule has 20 heavy (non-hydrogen) atoms. The minimum atomic E-state index is -1.24. The summed E-state index contributed by atoms with van der Waals surface area (Å²) < 4.78 is 9.36. The molecule has 0 amide bonds. The smallest absolute Gasteiger partial charge is 0.335 e. The van der Waals surface area contributed by atoms with E-state index in [9.17, 15) is 19.2 Å². The van der Waals surface area contributed by atoms with Crippen molar-refractivity contribution in [1.29, 1.82) is 0 Å². The molecule has 0 atom stereocenters. The number of carbonyl (C=O) groups is 4. The van der Waals surface area contributed by atoms with Crippen LogP contribution in [0.5, 0.6) is 5.75 Å². The van der Waals surface area contributed by atoms with Crippen LogP contribution in [0.1, 0.15) is 34.6 Å². The summed E-state index contributed by atoms with van der Waals surface area (Å²) in [7, 11) is 0. The molecule has 0 saturated heterocycles. The first-order chi connectivity index (χ1) is 9.31. The van der Waals surface area contributed by atoms with Crippen LogP contribution >= 0.6 is 0 Å². The summed E-state index contributed by atoms with van der Waals surface area (Å²) in [5.74, 6) is -3.29. The third kappa shape index (κ3) is 4.20. The van der Waals surface area contributed by atoms with Crippen molar-refractivity contribution < 1.29 is 33.8 Å². The number of Topliss-reactive ketones (excluding diaryl/α,β-unsaturated/α-hetero) is 1. The van der Waals surface area contributed by atoms with Crippen LogP contribution in [0.2, 0.25) is 0 Å². The van der Waals surface area contributed by atoms with E-state index in [1.165, 1.54) is 12.1 Å². The molecule has 0 fully saturated rings. The summed E-state index contributed by atoms with van der Waals surface area (Å²) in [6, 6.07) is 3.46. The molecule has 0 unspecified atom stereocenters. The van der Waals surface area contributed by atoms with Gasteiger partial charge in [0.05, 0.1) is 11.1 Å². The zero-order chi connectivity index (χ0) is 15.3. The lowest BCUT2D eigenvalue weighted by atomic mass is 10.1. The molecule has 0 aliphatic carbocycles. The van der Waals surface area contributed by atoms with E-state index in [0.717, 1.165) is 19.9 Å². The summed E-state index contributed by atoms with van der Waals surface area (Å²) in [6.45, 7) is 1.71. The molecule has 0 saturated carbocycles. The van der Waals surface area contributed by atoms with E-state index in [2.05, 4.69) is 4.74 Å². The molecule has 1 aromatic carbocycles. The second-order valence-electron chi connectivity index (χ2n) is 3.81. The molecule has 1 aromatic rings. The largest absolute Gasteiger partial charge is 0.478 e. The van der Waals surface area contributed by atoms with Gasteiger partial charge in [0, 0.05) is 13.8 Å². The number of carboxylic acid groups (broad SMARTS) is 1. The number of hydrogen-bond donors (Lipinski definition) is 1. The maximum atomic E-state index is 11.9. The minimum Gasteiger partial charge on any atom is -0.478 e. The van der Waals surface area contributed by atoms with E-state index < -0.39 is 30.3 Å². The predicted molar refractivity (Wildman–Crippen MR) is 65.7 cm³/mol. The minimum absolute atomic E-state index is 0.0837. The molecule has 0 spiro atoms. The van der Waals surface area contributed by atoms with Crippen LogP contribution in [-0.4, -0.2) is 35.4 Å². The second-order valence-corrected chi connectivity index (χ2v) is 3.81. The van der Waals surface area contributed by atoms with Crippen LogP contribution in [0.3, 0.4) is 0 Å². The van der Waals surface area contributed by atoms with Crippen LogP contribution in [0, 0.1) is 0 Å². The van der Waals surface area contributed by atoms with Gasteiger partial charge >= 0.3 is 17.9 Å². The average Bonchev–Trinajstić information content (AvgIpc) is 2.35. The molecule has 0 aliphatic rings. The lowest BCUT2D eigenvalue weighted by molar-refractivity contribution is -0.140. The molecule has 0 heterocycles. The molecule has 7 nitrogen and oxygen atoms in total. The highest BCUT2D eigenvalue weighted by molar-refractivity contribution is 6.03. The normalized spacial score (nSPS) is 9.70. The second kappa shape index (κ2) is 6.46. The lowest BCUT2D eigenvalue weighted by Crippen LogP contribution is -2.15. The van der Waals surface area contributed by atoms with Crippen molar-refractivity contribution in [3.63, 3.8) is 0 Å². The molecule has 0 aromatic heterocycles. The van der Waals surface area contributed by atoms with Gasteiger partial charge in [-0.3, -0.25) is 14.4 Å². The summed E-state index contributed by atoms with van der Waals surface area (Å²) in [5.41, 5.74) is -0.284. The van der Waals surface area contributed by atoms with Crippen molar-refractivity contribution in [1.82, 2.24) is 0 Å². The highest BCUT2D eigenvalue weighted by Gasteiger charge is 2.18. The summed E-state index contributed by atoms with van der Waals surface area (Å²) in [5, 5.41) is 8.88. The quantitative estimate of drug-likeness (QED) is 0.488. The third-order valence-corrected chi connectivity index (χ3v) is 2.19. The molecule has 1 rings (SSSR count). The van der Waals surface area contributed by atoms with Crippen molar-refractivity contribution in [2.45, 2.75) is 13.8 Å². The van der Waals surface area contributed by atoms with E-state index >= 15 is 0 Å². The van der Waals surface area contributed by atoms with E-state index in [4.69, 9.17) is 9.84 Å². The highest BCUT2D eigenvalue weighted by atomic mass is 16.5. The first-order valence-corrected chi connectivity index (χ1v) is 5.53. The first-order valence-electron chi connectivity index (χ1n) is 5.53. The number of carbonyl (C=O) groups excluding carboxylic acids is 3. The van der Waals surface area contributed by atoms with Gasteiger partial charge in [-0.2, -0.15) is 0 Å². The van der Waals surface area contributed by atoms with Crippen LogP contribution < -0.4 is 4.74 Å². The fourth-order valence-electron chi connectivity index (χ4n) is 1.37. The Bertz CT molecular complexity index is 574. The van der Waals surface area contributed by atoms with Crippen LogP contribution in [0.15, 0.2) is 18.2 Å². The summed E-state index contributed by atoms with van der Waals surface area (Å²) in [6.07, 6.45) is 0. The van der Waals surface area contributed by atoms with E-state index in [1.54, 1.807) is 0 Å². The number of hydrogen-bond acceptors (Lipinski definition) is 6. The zero-order valence-corrected chi connectivity index (χ0v) is 10.8. The number of ether oxygens (including phenoxy) is 2. The van der Waals surface area contributed by atoms with E-state index in [0.29, 0.717) is 0 Å². The van der Waals surface area contributed by atoms with Gasteiger partial charge < -0.3 is 14.6 Å². The SMILES string of the molecule is CC(=O)OCC(=O)c1cc(C(=O)O)ccc1OC(C)=O. The lowest BCUT2D eigenvalue weighted by Gasteiger charge is -2.09. The van der Waals surface area contributed by atoms with Gasteiger partial charge in [0.2, 0.25) is 5.78 Å². The third-order valence-electron chi connectivity index (χ3n) is 2.19. The van der Waals surface area contributed by atoms with Crippen molar-refractivity contribution in [3.05, 3.63) is 29.3 Å². The van der Waals surface area contributed by atoms with Gasteiger partial charge in [0.1, 0.15) is 5.75 Å². The van der Waals surface area contributed by atoms with Crippen molar-refractivity contribution in [2.75, 3.05) is 6.61 Å². The fraction of sp³-hybridized carbons (Fsp3) is 0.231. The Morgan fingerprint density at radius 2 is 1.75 bits per heavy atom. The van der Waals surface area contributed by atoms with Crippen molar-refractivity contribution in [3.8, 4) is 5.75 Å². The van der Waals surface area contributed by atoms with E-state index in [1.807, 2.05) is 0 Å². The molecule has 1 N–H and O–H groups in total. The molecule has 0 bridgehead atoms. The van der Waals surface area contributed by atoms with Gasteiger partial charge in [-0.15, -0.1) is 0 Å². The highest BCUT2D eigenvalue weighted by Crippen LogP contribution is 2.21. The fourth-order valence-corrected chi connectivity index (χ4v) is 1.37. The number of carboxylic acids is 1. The Morgan fingerprint density at radius 3 is 2.25 bits per heavy atom. The van der Waals surface area contributed by atoms with Crippen molar-refractivity contribution >= 4 is 23.7 Å². The zero-order valence-electron chi connectivity index (χ0n) is 10.8. The van der Waals surface area contributed by atoms with Gasteiger partial charge in [0.15, 0.2) is 6.61 Å². The number of benzene rings is 1. The van der Waals surface area contributed by atoms with Gasteiger partial charge in [-0.25, -0.2) is 4.79 Å². The predicted octanol–water partition coefficient (Wildman–Crippen LogP) is 1.06. The average molecular weight is 280 g/mol. The van der Waals surface area contributed by atoms with Gasteiger partial charge in [-0.1, -0.05) is 0 Å². The monoisotopic (exact) mass is 280 g/mol. The molecule has 106 valence electrons. The van der Waals surface area contributed by atoms with Crippen molar-refractivity contribution in [2.24, 2.45) is 0 Å². The first kappa shape index (κ1) is 15.4. The summed E-state index contributed by atoms with van der Waals surface area (Å²) in [4.78, 5) is 44.3. The molecular formula is C13H12O7. The van der Waals surface area contributed by atoms with Crippen LogP contribution in [0.25, 0.3) is 0 Å². The Kier molecular flexibility index (Phi) is 4.96. The molecule has 0 radical (unpaired) electrons. The maximum absolute atomic E-state index is 11.9. The Morgan fingerprint density at radius 1 is 1.10 bits per heavy atom. The Labute approximate surface area is 114 Å². The maximum Gasteiger partial charge on any atom is 0.335 e. The topological polar surface area (TPSA) is 107 Å². The number of esters is 2. The molecule has 0 aliphatic heterocycles. The molecule has 7 heteroatoms. The summed E-state index contributed by atoms with van der Waals surface area (Å²) >= 11 is 0. The number of rotatable bonds is 5. The van der Waals surface area contributed by atoms with Gasteiger partial charge in [0.25, 0.3) is 0 Å². The number of aromatic carboxylic acids is 1. The Hall–Kier alpha value is -2.70. The molecular weight excluding hydrogens is 268 g/mol. The standard InChI is InChI=1S/C13H12O7/c1-7(14)19-6-11(16)10-5-9(13(17)18)3-4-12(10)20-8(2)15/h3-5H,6H2,1-2H3,(H,17,18). The Balaban J connectivity index is 3.13. The van der Waals surface area contributed by atoms with Crippen LogP contribution in [0.4, 0.5) is 0 Å².